The molecule has 1 amide bonds. The van der Waals surface area contributed by atoms with Crippen LogP contribution < -0.4 is 5.32 Å². The quantitative estimate of drug-likeness (QED) is 0.386. The van der Waals surface area contributed by atoms with Crippen molar-refractivity contribution in [3.05, 3.63) is 65.2 Å². The Morgan fingerprint density at radius 2 is 1.74 bits per heavy atom. The lowest BCUT2D eigenvalue weighted by Crippen LogP contribution is -2.44. The molecule has 38 heavy (non-hydrogen) atoms. The van der Waals surface area contributed by atoms with Crippen molar-refractivity contribution in [2.45, 2.75) is 71.8 Å². The molecule has 0 saturated carbocycles. The zero-order valence-corrected chi connectivity index (χ0v) is 25.5. The van der Waals surface area contributed by atoms with Crippen molar-refractivity contribution < 1.29 is 13.2 Å². The van der Waals surface area contributed by atoms with Crippen molar-refractivity contribution in [2.24, 2.45) is 5.92 Å². The molecular formula is C30H46ClN3O3S. The summed E-state index contributed by atoms with van der Waals surface area (Å²) in [5.74, 6) is 0.418. The normalized spacial score (nSPS) is 16.2. The van der Waals surface area contributed by atoms with Gasteiger partial charge in [0, 0.05) is 36.9 Å². The van der Waals surface area contributed by atoms with Gasteiger partial charge in [-0.2, -0.15) is 0 Å². The third kappa shape index (κ3) is 9.37. The molecule has 1 fully saturated rings. The summed E-state index contributed by atoms with van der Waals surface area (Å²) in [5.41, 5.74) is 3.92. The first-order valence-corrected chi connectivity index (χ1v) is 15.4. The topological polar surface area (TPSA) is 69.7 Å². The van der Waals surface area contributed by atoms with Crippen LogP contribution in [0.3, 0.4) is 0 Å². The molecule has 1 atom stereocenters. The number of carbonyl (C=O) groups is 1. The molecule has 1 N–H and O–H groups in total. The lowest BCUT2D eigenvalue weighted by atomic mass is 9.87. The minimum absolute atomic E-state index is 0. The zero-order valence-electron chi connectivity index (χ0n) is 23.9. The van der Waals surface area contributed by atoms with Crippen LogP contribution in [0.15, 0.2) is 48.5 Å². The second kappa shape index (κ2) is 13.9. The number of halogens is 1. The monoisotopic (exact) mass is 563 g/mol. The molecule has 2 aromatic carbocycles. The maximum absolute atomic E-state index is 12.8. The second-order valence-corrected chi connectivity index (χ2v) is 13.6. The number of anilines is 1. The molecule has 1 aliphatic rings. The average molecular weight is 564 g/mol. The predicted molar refractivity (Wildman–Crippen MR) is 161 cm³/mol. The molecule has 1 saturated heterocycles. The highest BCUT2D eigenvalue weighted by atomic mass is 35.5. The number of nitrogens with zero attached hydrogens (tertiary/aromatic N) is 2. The number of sulfonamides is 1. The molecule has 8 heteroatoms. The molecule has 3 rings (SSSR count). The van der Waals surface area contributed by atoms with Crippen LogP contribution in [0.4, 0.5) is 5.69 Å². The van der Waals surface area contributed by atoms with Gasteiger partial charge in [0.25, 0.3) is 5.91 Å². The second-order valence-electron chi connectivity index (χ2n) is 11.6. The first kappa shape index (κ1) is 32.3. The zero-order chi connectivity index (χ0) is 27.2. The van der Waals surface area contributed by atoms with E-state index in [1.165, 1.54) is 17.4 Å². The van der Waals surface area contributed by atoms with Gasteiger partial charge in [-0.25, -0.2) is 12.7 Å². The third-order valence-corrected chi connectivity index (χ3v) is 8.70. The number of hydrogen-bond acceptors (Lipinski definition) is 4. The van der Waals surface area contributed by atoms with E-state index in [-0.39, 0.29) is 23.7 Å². The Kier molecular flexibility index (Phi) is 11.8. The summed E-state index contributed by atoms with van der Waals surface area (Å²) >= 11 is 0. The highest BCUT2D eigenvalue weighted by Crippen LogP contribution is 2.24. The molecule has 6 nitrogen and oxygen atoms in total. The van der Waals surface area contributed by atoms with Gasteiger partial charge < -0.3 is 10.2 Å². The van der Waals surface area contributed by atoms with E-state index in [0.29, 0.717) is 30.6 Å². The van der Waals surface area contributed by atoms with Gasteiger partial charge in [0.1, 0.15) is 0 Å². The summed E-state index contributed by atoms with van der Waals surface area (Å²) in [5, 5.41) is 3.06. The minimum atomic E-state index is -3.09. The summed E-state index contributed by atoms with van der Waals surface area (Å²) in [7, 11) is -3.09. The van der Waals surface area contributed by atoms with Crippen LogP contribution in [0.2, 0.25) is 0 Å². The van der Waals surface area contributed by atoms with Gasteiger partial charge >= 0.3 is 0 Å². The molecule has 0 radical (unpaired) electrons. The largest absolute Gasteiger partial charge is 0.322 e. The van der Waals surface area contributed by atoms with Crippen molar-refractivity contribution in [1.82, 2.24) is 9.21 Å². The summed E-state index contributed by atoms with van der Waals surface area (Å²) in [6, 6.07) is 16.3. The van der Waals surface area contributed by atoms with Gasteiger partial charge in [-0.1, -0.05) is 52.0 Å². The summed E-state index contributed by atoms with van der Waals surface area (Å²) in [4.78, 5) is 15.4. The van der Waals surface area contributed by atoms with Crippen molar-refractivity contribution in [3.8, 4) is 0 Å². The molecular weight excluding hydrogens is 518 g/mol. The highest BCUT2D eigenvalue weighted by Gasteiger charge is 2.27. The Balaban J connectivity index is 0.00000507. The van der Waals surface area contributed by atoms with Crippen molar-refractivity contribution >= 4 is 34.0 Å². The maximum atomic E-state index is 12.8. The molecule has 1 aliphatic heterocycles. The Bertz CT molecular complexity index is 1140. The lowest BCUT2D eigenvalue weighted by molar-refractivity contribution is 0.102. The minimum Gasteiger partial charge on any atom is -0.322 e. The summed E-state index contributed by atoms with van der Waals surface area (Å²) in [6.07, 6.45) is 5.11. The number of hydrogen-bond donors (Lipinski definition) is 1. The van der Waals surface area contributed by atoms with Crippen LogP contribution >= 0.6 is 12.4 Å². The van der Waals surface area contributed by atoms with Crippen LogP contribution in [0.5, 0.6) is 0 Å². The van der Waals surface area contributed by atoms with E-state index in [1.807, 2.05) is 36.4 Å². The fourth-order valence-corrected chi connectivity index (χ4v) is 5.98. The predicted octanol–water partition coefficient (Wildman–Crippen LogP) is 5.97. The Labute approximate surface area is 236 Å². The van der Waals surface area contributed by atoms with Crippen LogP contribution in [-0.2, 0) is 21.9 Å². The van der Waals surface area contributed by atoms with E-state index in [1.54, 1.807) is 4.31 Å². The van der Waals surface area contributed by atoms with E-state index < -0.39 is 10.0 Å². The molecule has 0 unspecified atom stereocenters. The van der Waals surface area contributed by atoms with Crippen molar-refractivity contribution in [3.63, 3.8) is 0 Å². The van der Waals surface area contributed by atoms with Gasteiger partial charge in [-0.05, 0) is 85.9 Å². The van der Waals surface area contributed by atoms with Crippen molar-refractivity contribution in [2.75, 3.05) is 37.8 Å². The third-order valence-electron chi connectivity index (χ3n) is 7.40. The standard InChI is InChI=1S/C30H45N3O3S.ClH/c1-7-17-32(22-24-15-18-33(19-16-24)37(6,35)36)23(2)20-25-9-8-10-28(21-25)31-29(34)26-11-13-27(14-12-26)30(3,4)5;/h8-14,21,23-24H,7,15-20,22H2,1-6H3,(H,31,34);1H/t23-;/m1./s1. The number of piperidine rings is 1. The van der Waals surface area contributed by atoms with Gasteiger partial charge in [0.05, 0.1) is 6.26 Å². The fourth-order valence-electron chi connectivity index (χ4n) is 5.11. The van der Waals surface area contributed by atoms with Crippen LogP contribution in [0.1, 0.15) is 75.4 Å². The number of nitrogens with one attached hydrogen (secondary N) is 1. The first-order chi connectivity index (χ1) is 17.4. The number of carbonyl (C=O) groups excluding carboxylic acids is 1. The van der Waals surface area contributed by atoms with Crippen LogP contribution in [0, 0.1) is 5.92 Å². The van der Waals surface area contributed by atoms with E-state index >= 15 is 0 Å². The molecule has 2 aromatic rings. The molecule has 0 spiro atoms. The van der Waals surface area contributed by atoms with Gasteiger partial charge in [0.15, 0.2) is 0 Å². The lowest BCUT2D eigenvalue weighted by Gasteiger charge is -2.36. The Morgan fingerprint density at radius 3 is 2.29 bits per heavy atom. The molecule has 0 aliphatic carbocycles. The van der Waals surface area contributed by atoms with E-state index in [4.69, 9.17) is 0 Å². The maximum Gasteiger partial charge on any atom is 0.255 e. The van der Waals surface area contributed by atoms with Gasteiger partial charge in [0.2, 0.25) is 10.0 Å². The Hall–Kier alpha value is -1.93. The van der Waals surface area contributed by atoms with Gasteiger partial charge in [-0.15, -0.1) is 12.4 Å². The number of amides is 1. The fraction of sp³-hybridized carbons (Fsp3) is 0.567. The average Bonchev–Trinajstić information content (AvgIpc) is 2.83. The molecule has 1 heterocycles. The van der Waals surface area contributed by atoms with E-state index in [0.717, 1.165) is 44.5 Å². The van der Waals surface area contributed by atoms with Crippen molar-refractivity contribution in [1.29, 1.82) is 0 Å². The number of rotatable bonds is 10. The van der Waals surface area contributed by atoms with E-state index in [9.17, 15) is 13.2 Å². The smallest absolute Gasteiger partial charge is 0.255 e. The van der Waals surface area contributed by atoms with E-state index in [2.05, 4.69) is 57.0 Å². The summed E-state index contributed by atoms with van der Waals surface area (Å²) in [6.45, 7) is 14.2. The molecule has 0 bridgehead atoms. The summed E-state index contributed by atoms with van der Waals surface area (Å²) < 4.78 is 25.3. The Morgan fingerprint density at radius 1 is 1.11 bits per heavy atom. The number of benzene rings is 2. The molecule has 0 aromatic heterocycles. The molecule has 212 valence electrons. The van der Waals surface area contributed by atoms with Gasteiger partial charge in [-0.3, -0.25) is 4.79 Å². The van der Waals surface area contributed by atoms with Crippen LogP contribution in [-0.4, -0.2) is 62.0 Å². The van der Waals surface area contributed by atoms with Crippen LogP contribution in [0.25, 0.3) is 0 Å². The highest BCUT2D eigenvalue weighted by molar-refractivity contribution is 7.88. The first-order valence-electron chi connectivity index (χ1n) is 13.6. The SMILES string of the molecule is CCCN(CC1CCN(S(C)(=O)=O)CC1)[C@H](C)Cc1cccc(NC(=O)c2ccc(C(C)(C)C)cc2)c1.Cl.